The summed E-state index contributed by atoms with van der Waals surface area (Å²) in [6.07, 6.45) is 5.67. The Balaban J connectivity index is 2.30. The SMILES string of the molecule is C=CCNS(=O)(=O)c1ccc(NC2CCCC2)c(C(=O)O)c1. The molecule has 0 bridgehead atoms. The number of carbonyl (C=O) groups is 1. The van der Waals surface area contributed by atoms with Gasteiger partial charge in [0.2, 0.25) is 10.0 Å². The van der Waals surface area contributed by atoms with Gasteiger partial charge in [-0.3, -0.25) is 0 Å². The van der Waals surface area contributed by atoms with E-state index in [9.17, 15) is 18.3 Å². The highest BCUT2D eigenvalue weighted by atomic mass is 32.2. The van der Waals surface area contributed by atoms with Gasteiger partial charge in [0, 0.05) is 18.3 Å². The van der Waals surface area contributed by atoms with Gasteiger partial charge in [0.05, 0.1) is 10.5 Å². The first-order valence-electron chi connectivity index (χ1n) is 7.18. The Bertz CT molecular complexity index is 664. The van der Waals surface area contributed by atoms with Gasteiger partial charge in [-0.1, -0.05) is 18.9 Å². The van der Waals surface area contributed by atoms with E-state index in [1.807, 2.05) is 0 Å². The summed E-state index contributed by atoms with van der Waals surface area (Å²) in [7, 11) is -3.73. The van der Waals surface area contributed by atoms with Crippen molar-refractivity contribution in [2.24, 2.45) is 0 Å². The van der Waals surface area contributed by atoms with Crippen molar-refractivity contribution < 1.29 is 18.3 Å². The molecule has 1 aliphatic carbocycles. The van der Waals surface area contributed by atoms with E-state index in [-0.39, 0.29) is 23.0 Å². The van der Waals surface area contributed by atoms with Crippen molar-refractivity contribution in [2.75, 3.05) is 11.9 Å². The lowest BCUT2D eigenvalue weighted by molar-refractivity contribution is 0.0697. The molecule has 1 aromatic carbocycles. The third-order valence-corrected chi connectivity index (χ3v) is 5.09. The maximum absolute atomic E-state index is 12.0. The van der Waals surface area contributed by atoms with Crippen LogP contribution in [0.15, 0.2) is 35.7 Å². The number of hydrogen-bond donors (Lipinski definition) is 3. The fourth-order valence-corrected chi connectivity index (χ4v) is 3.56. The highest BCUT2D eigenvalue weighted by Crippen LogP contribution is 2.26. The lowest BCUT2D eigenvalue weighted by atomic mass is 10.1. The molecule has 6 nitrogen and oxygen atoms in total. The minimum Gasteiger partial charge on any atom is -0.478 e. The molecule has 0 radical (unpaired) electrons. The van der Waals surface area contributed by atoms with Gasteiger partial charge >= 0.3 is 5.97 Å². The zero-order valence-electron chi connectivity index (χ0n) is 12.2. The quantitative estimate of drug-likeness (QED) is 0.668. The molecular weight excluding hydrogens is 304 g/mol. The molecule has 2 rings (SSSR count). The summed E-state index contributed by atoms with van der Waals surface area (Å²) >= 11 is 0. The van der Waals surface area contributed by atoms with Crippen LogP contribution in [-0.2, 0) is 10.0 Å². The average Bonchev–Trinajstić information content (AvgIpc) is 2.98. The van der Waals surface area contributed by atoms with Crippen LogP contribution in [0.1, 0.15) is 36.0 Å². The smallest absolute Gasteiger partial charge is 0.337 e. The number of rotatable bonds is 7. The predicted molar refractivity (Wildman–Crippen MR) is 84.7 cm³/mol. The molecule has 0 spiro atoms. The fourth-order valence-electron chi connectivity index (χ4n) is 2.54. The molecule has 0 aromatic heterocycles. The normalized spacial score (nSPS) is 15.6. The Morgan fingerprint density at radius 1 is 1.36 bits per heavy atom. The zero-order valence-corrected chi connectivity index (χ0v) is 13.0. The maximum Gasteiger partial charge on any atom is 0.337 e. The summed E-state index contributed by atoms with van der Waals surface area (Å²) in [5.74, 6) is -1.15. The number of hydrogen-bond acceptors (Lipinski definition) is 4. The topological polar surface area (TPSA) is 95.5 Å². The first-order chi connectivity index (χ1) is 10.4. The second kappa shape index (κ2) is 6.93. The third-order valence-electron chi connectivity index (χ3n) is 3.66. The monoisotopic (exact) mass is 324 g/mol. The Hall–Kier alpha value is -1.86. The number of nitrogens with one attached hydrogen (secondary N) is 2. The van der Waals surface area contributed by atoms with Gasteiger partial charge < -0.3 is 10.4 Å². The van der Waals surface area contributed by atoms with Crippen molar-refractivity contribution >= 4 is 21.7 Å². The number of sulfonamides is 1. The zero-order chi connectivity index (χ0) is 16.2. The molecule has 0 amide bonds. The Morgan fingerprint density at radius 2 is 2.05 bits per heavy atom. The van der Waals surface area contributed by atoms with Crippen LogP contribution in [0.4, 0.5) is 5.69 Å². The summed E-state index contributed by atoms with van der Waals surface area (Å²) in [5, 5.41) is 12.5. The molecule has 120 valence electrons. The van der Waals surface area contributed by atoms with Gasteiger partial charge in [0.15, 0.2) is 0 Å². The van der Waals surface area contributed by atoms with E-state index in [1.165, 1.54) is 24.3 Å². The van der Waals surface area contributed by atoms with Crippen LogP contribution in [0.5, 0.6) is 0 Å². The Labute approximate surface area is 130 Å². The molecule has 22 heavy (non-hydrogen) atoms. The average molecular weight is 324 g/mol. The van der Waals surface area contributed by atoms with Crippen molar-refractivity contribution in [3.8, 4) is 0 Å². The van der Waals surface area contributed by atoms with Crippen LogP contribution >= 0.6 is 0 Å². The molecule has 7 heteroatoms. The minimum absolute atomic E-state index is 0.0339. The van der Waals surface area contributed by atoms with E-state index in [2.05, 4.69) is 16.6 Å². The number of carboxylic acid groups (broad SMARTS) is 1. The first-order valence-corrected chi connectivity index (χ1v) is 8.67. The molecule has 0 unspecified atom stereocenters. The van der Waals surface area contributed by atoms with Crippen molar-refractivity contribution in [1.82, 2.24) is 4.72 Å². The van der Waals surface area contributed by atoms with Crippen LogP contribution in [0, 0.1) is 0 Å². The van der Waals surface area contributed by atoms with Crippen LogP contribution in [0.25, 0.3) is 0 Å². The van der Waals surface area contributed by atoms with E-state index in [0.29, 0.717) is 5.69 Å². The van der Waals surface area contributed by atoms with Crippen LogP contribution in [0.2, 0.25) is 0 Å². The molecule has 0 saturated heterocycles. The van der Waals surface area contributed by atoms with E-state index in [4.69, 9.17) is 0 Å². The van der Waals surface area contributed by atoms with E-state index >= 15 is 0 Å². The summed E-state index contributed by atoms with van der Waals surface area (Å²) < 4.78 is 26.4. The number of anilines is 1. The van der Waals surface area contributed by atoms with Crippen molar-refractivity contribution in [1.29, 1.82) is 0 Å². The third kappa shape index (κ3) is 3.86. The molecule has 3 N–H and O–H groups in total. The van der Waals surface area contributed by atoms with Gasteiger partial charge in [-0.25, -0.2) is 17.9 Å². The Kier molecular flexibility index (Phi) is 5.20. The fraction of sp³-hybridized carbons (Fsp3) is 0.400. The summed E-state index contributed by atoms with van der Waals surface area (Å²) in [5.41, 5.74) is 0.426. The first kappa shape index (κ1) is 16.5. The number of carboxylic acids is 1. The maximum atomic E-state index is 12.0. The van der Waals surface area contributed by atoms with E-state index in [1.54, 1.807) is 0 Å². The summed E-state index contributed by atoms with van der Waals surface area (Å²) in [6.45, 7) is 3.53. The van der Waals surface area contributed by atoms with Crippen LogP contribution in [0.3, 0.4) is 0 Å². The van der Waals surface area contributed by atoms with Crippen molar-refractivity contribution in [2.45, 2.75) is 36.6 Å². The standard InChI is InChI=1S/C15H20N2O4S/c1-2-9-16-22(20,21)12-7-8-14(13(10-12)15(18)19)17-11-5-3-4-6-11/h2,7-8,10-11,16-17H,1,3-6,9H2,(H,18,19). The second-order valence-electron chi connectivity index (χ2n) is 5.28. The van der Waals surface area contributed by atoms with Gasteiger partial charge in [-0.05, 0) is 31.0 Å². The largest absolute Gasteiger partial charge is 0.478 e. The highest BCUT2D eigenvalue weighted by molar-refractivity contribution is 7.89. The number of aromatic carboxylic acids is 1. The Morgan fingerprint density at radius 3 is 2.64 bits per heavy atom. The van der Waals surface area contributed by atoms with Crippen LogP contribution in [-0.4, -0.2) is 32.1 Å². The molecule has 1 aromatic rings. The van der Waals surface area contributed by atoms with Gasteiger partial charge in [0.1, 0.15) is 0 Å². The molecule has 0 heterocycles. The van der Waals surface area contributed by atoms with Crippen molar-refractivity contribution in [3.05, 3.63) is 36.4 Å². The molecule has 1 saturated carbocycles. The molecule has 0 aliphatic heterocycles. The molecule has 1 aliphatic rings. The second-order valence-corrected chi connectivity index (χ2v) is 7.05. The lowest BCUT2D eigenvalue weighted by Crippen LogP contribution is -2.24. The predicted octanol–water partition coefficient (Wildman–Crippen LogP) is 2.20. The van der Waals surface area contributed by atoms with Gasteiger partial charge in [-0.15, -0.1) is 6.58 Å². The molecule has 0 atom stereocenters. The van der Waals surface area contributed by atoms with Crippen molar-refractivity contribution in [3.63, 3.8) is 0 Å². The lowest BCUT2D eigenvalue weighted by Gasteiger charge is -2.16. The van der Waals surface area contributed by atoms with Crippen LogP contribution < -0.4 is 10.0 Å². The van der Waals surface area contributed by atoms with E-state index in [0.717, 1.165) is 25.7 Å². The highest BCUT2D eigenvalue weighted by Gasteiger charge is 2.21. The summed E-state index contributed by atoms with van der Waals surface area (Å²) in [4.78, 5) is 11.4. The minimum atomic E-state index is -3.73. The number of benzene rings is 1. The molecule has 1 fully saturated rings. The van der Waals surface area contributed by atoms with E-state index < -0.39 is 16.0 Å². The molecular formula is C15H20N2O4S. The van der Waals surface area contributed by atoms with Gasteiger partial charge in [0.25, 0.3) is 0 Å². The van der Waals surface area contributed by atoms with Gasteiger partial charge in [-0.2, -0.15) is 0 Å². The summed E-state index contributed by atoms with van der Waals surface area (Å²) in [6, 6.07) is 4.36.